The van der Waals surface area contributed by atoms with Crippen molar-refractivity contribution < 1.29 is 19.2 Å². The van der Waals surface area contributed by atoms with Crippen molar-refractivity contribution in [3.8, 4) is 11.5 Å². The van der Waals surface area contributed by atoms with Crippen molar-refractivity contribution in [1.29, 1.82) is 0 Å². The first kappa shape index (κ1) is 18.3. The van der Waals surface area contributed by atoms with Crippen molar-refractivity contribution >= 4 is 17.2 Å². The van der Waals surface area contributed by atoms with Crippen LogP contribution in [0.3, 0.4) is 0 Å². The summed E-state index contributed by atoms with van der Waals surface area (Å²) in [7, 11) is 3.64. The lowest BCUT2D eigenvalue weighted by molar-refractivity contribution is -0.885. The third kappa shape index (κ3) is 5.54. The lowest BCUT2D eigenvalue weighted by atomic mass is 10.3. The van der Waals surface area contributed by atoms with Gasteiger partial charge in [-0.3, -0.25) is 4.79 Å². The summed E-state index contributed by atoms with van der Waals surface area (Å²) < 4.78 is 10.9. The van der Waals surface area contributed by atoms with Gasteiger partial charge in [-0.05, 0) is 36.1 Å². The first-order valence-corrected chi connectivity index (χ1v) is 8.85. The zero-order chi connectivity index (χ0) is 17.4. The molecule has 0 aliphatic heterocycles. The summed E-state index contributed by atoms with van der Waals surface area (Å²) in [4.78, 5) is 14.5. The van der Waals surface area contributed by atoms with Crippen molar-refractivity contribution in [3.05, 3.63) is 46.2 Å². The second-order valence-electron chi connectivity index (χ2n) is 5.69. The van der Waals surface area contributed by atoms with E-state index in [2.05, 4.69) is 23.7 Å². The SMILES string of the molecule is COc1ccccc1OCCNC(=O)C[NH+](C)Cc1sccc1C. The van der Waals surface area contributed by atoms with Crippen LogP contribution < -0.4 is 19.7 Å². The quantitative estimate of drug-likeness (QED) is 0.671. The highest BCUT2D eigenvalue weighted by Gasteiger charge is 2.12. The summed E-state index contributed by atoms with van der Waals surface area (Å²) >= 11 is 1.74. The number of rotatable bonds is 9. The Kier molecular flexibility index (Phi) is 7.08. The van der Waals surface area contributed by atoms with Crippen LogP contribution in [0.25, 0.3) is 0 Å². The Hall–Kier alpha value is -2.05. The van der Waals surface area contributed by atoms with Crippen LogP contribution in [0, 0.1) is 6.92 Å². The fourth-order valence-corrected chi connectivity index (χ4v) is 3.37. The minimum atomic E-state index is 0.0327. The molecule has 2 N–H and O–H groups in total. The number of aryl methyl sites for hydroxylation is 1. The minimum Gasteiger partial charge on any atom is -0.493 e. The summed E-state index contributed by atoms with van der Waals surface area (Å²) in [5.74, 6) is 1.41. The lowest BCUT2D eigenvalue weighted by Gasteiger charge is -2.14. The van der Waals surface area contributed by atoms with E-state index in [-0.39, 0.29) is 5.91 Å². The fourth-order valence-electron chi connectivity index (χ4n) is 2.35. The number of nitrogens with one attached hydrogen (secondary N) is 2. The van der Waals surface area contributed by atoms with E-state index in [0.29, 0.717) is 31.2 Å². The summed E-state index contributed by atoms with van der Waals surface area (Å²) in [5, 5.41) is 4.98. The number of quaternary nitrogens is 1. The highest BCUT2D eigenvalue weighted by Crippen LogP contribution is 2.25. The molecule has 0 radical (unpaired) electrons. The molecule has 0 saturated carbocycles. The number of hydrogen-bond acceptors (Lipinski definition) is 4. The van der Waals surface area contributed by atoms with Gasteiger partial charge in [0.15, 0.2) is 18.0 Å². The average Bonchev–Trinajstić information content (AvgIpc) is 2.96. The van der Waals surface area contributed by atoms with Gasteiger partial charge in [-0.15, -0.1) is 11.3 Å². The second kappa shape index (κ2) is 9.30. The molecule has 6 heteroatoms. The molecule has 1 aromatic heterocycles. The van der Waals surface area contributed by atoms with Crippen LogP contribution in [-0.4, -0.2) is 39.8 Å². The number of amides is 1. The fraction of sp³-hybridized carbons (Fsp3) is 0.389. The molecule has 0 saturated heterocycles. The minimum absolute atomic E-state index is 0.0327. The lowest BCUT2D eigenvalue weighted by Crippen LogP contribution is -3.08. The van der Waals surface area contributed by atoms with Gasteiger partial charge in [0.2, 0.25) is 0 Å². The topological polar surface area (TPSA) is 52.0 Å². The number of carbonyl (C=O) groups excluding carboxylic acids is 1. The highest BCUT2D eigenvalue weighted by atomic mass is 32.1. The van der Waals surface area contributed by atoms with Crippen molar-refractivity contribution in [1.82, 2.24) is 5.32 Å². The van der Waals surface area contributed by atoms with Crippen LogP contribution in [0.2, 0.25) is 0 Å². The van der Waals surface area contributed by atoms with E-state index in [1.807, 2.05) is 31.3 Å². The molecule has 5 nitrogen and oxygen atoms in total. The molecule has 2 aromatic rings. The Morgan fingerprint density at radius 2 is 2.00 bits per heavy atom. The van der Waals surface area contributed by atoms with E-state index in [1.54, 1.807) is 18.4 Å². The van der Waals surface area contributed by atoms with Crippen LogP contribution in [0.15, 0.2) is 35.7 Å². The molecule has 0 aliphatic carbocycles. The number of para-hydroxylation sites is 2. The number of carbonyl (C=O) groups is 1. The third-order valence-electron chi connectivity index (χ3n) is 3.64. The molecule has 1 unspecified atom stereocenters. The van der Waals surface area contributed by atoms with Gasteiger partial charge < -0.3 is 19.7 Å². The third-order valence-corrected chi connectivity index (χ3v) is 4.67. The molecule has 0 fully saturated rings. The van der Waals surface area contributed by atoms with E-state index >= 15 is 0 Å². The number of benzene rings is 1. The predicted molar refractivity (Wildman–Crippen MR) is 96.0 cm³/mol. The average molecular weight is 349 g/mol. The Labute approximate surface area is 147 Å². The number of hydrogen-bond donors (Lipinski definition) is 2. The summed E-state index contributed by atoms with van der Waals surface area (Å²) in [6, 6.07) is 9.59. The molecule has 1 heterocycles. The first-order valence-electron chi connectivity index (χ1n) is 7.97. The van der Waals surface area contributed by atoms with Crippen LogP contribution in [0.1, 0.15) is 10.4 Å². The van der Waals surface area contributed by atoms with E-state index in [9.17, 15) is 4.79 Å². The van der Waals surface area contributed by atoms with Gasteiger partial charge in [0.05, 0.1) is 25.6 Å². The van der Waals surface area contributed by atoms with Crippen molar-refractivity contribution in [2.24, 2.45) is 0 Å². The van der Waals surface area contributed by atoms with Gasteiger partial charge in [-0.1, -0.05) is 12.1 Å². The molecule has 130 valence electrons. The van der Waals surface area contributed by atoms with Gasteiger partial charge in [-0.2, -0.15) is 0 Å². The van der Waals surface area contributed by atoms with E-state index in [4.69, 9.17) is 9.47 Å². The monoisotopic (exact) mass is 349 g/mol. The van der Waals surface area contributed by atoms with Gasteiger partial charge in [0.1, 0.15) is 13.2 Å². The predicted octanol–water partition coefficient (Wildman–Crippen LogP) is 1.28. The maximum atomic E-state index is 12.0. The maximum Gasteiger partial charge on any atom is 0.275 e. The Morgan fingerprint density at radius 3 is 2.67 bits per heavy atom. The van der Waals surface area contributed by atoms with Gasteiger partial charge >= 0.3 is 0 Å². The summed E-state index contributed by atoms with van der Waals surface area (Å²) in [6.45, 7) is 4.31. The molecule has 0 aliphatic rings. The normalized spacial score (nSPS) is 11.8. The van der Waals surface area contributed by atoms with Gasteiger partial charge in [0, 0.05) is 0 Å². The molecule has 1 aromatic carbocycles. The molecular weight excluding hydrogens is 324 g/mol. The Morgan fingerprint density at radius 1 is 1.25 bits per heavy atom. The molecule has 1 amide bonds. The van der Waals surface area contributed by atoms with Crippen LogP contribution in [0.4, 0.5) is 0 Å². The molecule has 0 bridgehead atoms. The zero-order valence-corrected chi connectivity index (χ0v) is 15.2. The molecule has 1 atom stereocenters. The molecule has 2 rings (SSSR count). The van der Waals surface area contributed by atoms with E-state index < -0.39 is 0 Å². The number of likely N-dealkylation sites (N-methyl/N-ethyl adjacent to an activating group) is 1. The molecule has 0 spiro atoms. The second-order valence-corrected chi connectivity index (χ2v) is 6.69. The first-order chi connectivity index (χ1) is 11.6. The summed E-state index contributed by atoms with van der Waals surface area (Å²) in [6.07, 6.45) is 0. The zero-order valence-electron chi connectivity index (χ0n) is 14.4. The highest BCUT2D eigenvalue weighted by molar-refractivity contribution is 7.10. The molecule has 24 heavy (non-hydrogen) atoms. The van der Waals surface area contributed by atoms with Crippen molar-refractivity contribution in [3.63, 3.8) is 0 Å². The van der Waals surface area contributed by atoms with Gasteiger partial charge in [-0.25, -0.2) is 0 Å². The number of thiophene rings is 1. The van der Waals surface area contributed by atoms with Crippen LogP contribution >= 0.6 is 11.3 Å². The standard InChI is InChI=1S/C18H24N2O3S/c1-14-8-11-24-17(14)12-20(2)13-18(21)19-9-10-23-16-7-5-4-6-15(16)22-3/h4-8,11H,9-10,12-13H2,1-3H3,(H,19,21)/p+1. The number of ether oxygens (including phenoxy) is 2. The Balaban J connectivity index is 1.67. The number of methoxy groups -OCH3 is 1. The Bertz CT molecular complexity index is 657. The van der Waals surface area contributed by atoms with E-state index in [0.717, 1.165) is 6.54 Å². The van der Waals surface area contributed by atoms with Crippen LogP contribution in [0.5, 0.6) is 11.5 Å². The van der Waals surface area contributed by atoms with Gasteiger partial charge in [0.25, 0.3) is 5.91 Å². The largest absolute Gasteiger partial charge is 0.493 e. The summed E-state index contributed by atoms with van der Waals surface area (Å²) in [5.41, 5.74) is 1.30. The maximum absolute atomic E-state index is 12.0. The van der Waals surface area contributed by atoms with Crippen molar-refractivity contribution in [2.75, 3.05) is 33.9 Å². The molecular formula is C18H25N2O3S+. The van der Waals surface area contributed by atoms with Crippen LogP contribution in [-0.2, 0) is 11.3 Å². The smallest absolute Gasteiger partial charge is 0.275 e. The van der Waals surface area contributed by atoms with Crippen molar-refractivity contribution in [2.45, 2.75) is 13.5 Å². The van der Waals surface area contributed by atoms with E-state index in [1.165, 1.54) is 15.3 Å².